The van der Waals surface area contributed by atoms with Gasteiger partial charge in [0.05, 0.1) is 7.11 Å². The number of hydrogen-bond acceptors (Lipinski definition) is 5. The Morgan fingerprint density at radius 2 is 1.96 bits per heavy atom. The first-order valence-corrected chi connectivity index (χ1v) is 8.76. The summed E-state index contributed by atoms with van der Waals surface area (Å²) < 4.78 is 10.0. The van der Waals surface area contributed by atoms with Crippen LogP contribution in [0.25, 0.3) is 6.08 Å². The Morgan fingerprint density at radius 1 is 1.16 bits per heavy atom. The molecular formula is C19H19NO4S. The smallest absolute Gasteiger partial charge is 0.331 e. The normalized spacial score (nSPS) is 10.5. The maximum Gasteiger partial charge on any atom is 0.331 e. The minimum absolute atomic E-state index is 0.342. The highest BCUT2D eigenvalue weighted by Crippen LogP contribution is 2.18. The number of methoxy groups -OCH3 is 1. The first kappa shape index (κ1) is 18.6. The van der Waals surface area contributed by atoms with Crippen molar-refractivity contribution in [2.75, 3.05) is 25.3 Å². The van der Waals surface area contributed by atoms with E-state index in [4.69, 9.17) is 9.47 Å². The summed E-state index contributed by atoms with van der Waals surface area (Å²) in [6, 6.07) is 14.7. The summed E-state index contributed by atoms with van der Waals surface area (Å²) in [5.41, 5.74) is 1.47. The van der Waals surface area contributed by atoms with Crippen LogP contribution < -0.4 is 10.1 Å². The SMILES string of the molecule is COc1cccc(C=CC(=O)OCC(=O)Nc2cccc(SC)c2)c1. The van der Waals surface area contributed by atoms with E-state index in [1.54, 1.807) is 37.1 Å². The molecule has 0 saturated carbocycles. The number of thioether (sulfide) groups is 1. The van der Waals surface area contributed by atoms with E-state index in [-0.39, 0.29) is 12.5 Å². The standard InChI is InChI=1S/C19H19NO4S/c1-23-16-7-3-5-14(11-16)9-10-19(22)24-13-18(21)20-15-6-4-8-17(12-15)25-2/h3-12H,13H2,1-2H3,(H,20,21). The van der Waals surface area contributed by atoms with Crippen LogP contribution >= 0.6 is 11.8 Å². The Balaban J connectivity index is 1.82. The van der Waals surface area contributed by atoms with E-state index >= 15 is 0 Å². The van der Waals surface area contributed by atoms with Gasteiger partial charge in [0, 0.05) is 16.7 Å². The number of hydrogen-bond donors (Lipinski definition) is 1. The summed E-state index contributed by atoms with van der Waals surface area (Å²) in [5.74, 6) is -0.278. The Hall–Kier alpha value is -2.73. The Morgan fingerprint density at radius 3 is 2.72 bits per heavy atom. The second kappa shape index (κ2) is 9.54. The second-order valence-electron chi connectivity index (χ2n) is 5.00. The lowest BCUT2D eigenvalue weighted by molar-refractivity contribution is -0.142. The van der Waals surface area contributed by atoms with E-state index < -0.39 is 5.97 Å². The zero-order valence-corrected chi connectivity index (χ0v) is 14.8. The van der Waals surface area contributed by atoms with Gasteiger partial charge in [0.1, 0.15) is 5.75 Å². The molecule has 0 fully saturated rings. The molecule has 0 spiro atoms. The van der Waals surface area contributed by atoms with E-state index in [9.17, 15) is 9.59 Å². The van der Waals surface area contributed by atoms with Crippen LogP contribution in [-0.4, -0.2) is 31.8 Å². The number of rotatable bonds is 7. The lowest BCUT2D eigenvalue weighted by Crippen LogP contribution is -2.20. The van der Waals surface area contributed by atoms with Gasteiger partial charge in [-0.15, -0.1) is 11.8 Å². The van der Waals surface area contributed by atoms with Crippen molar-refractivity contribution in [2.24, 2.45) is 0 Å². The van der Waals surface area contributed by atoms with Gasteiger partial charge in [-0.3, -0.25) is 4.79 Å². The maximum atomic E-state index is 11.8. The third kappa shape index (κ3) is 6.35. The lowest BCUT2D eigenvalue weighted by atomic mass is 10.2. The molecular weight excluding hydrogens is 338 g/mol. The van der Waals surface area contributed by atoms with E-state index in [1.165, 1.54) is 6.08 Å². The molecule has 2 aromatic carbocycles. The fraction of sp³-hybridized carbons (Fsp3) is 0.158. The largest absolute Gasteiger partial charge is 0.497 e. The first-order valence-electron chi connectivity index (χ1n) is 7.53. The molecule has 0 radical (unpaired) electrons. The molecule has 5 nitrogen and oxygen atoms in total. The monoisotopic (exact) mass is 357 g/mol. The van der Waals surface area contributed by atoms with Crippen molar-refractivity contribution in [3.63, 3.8) is 0 Å². The van der Waals surface area contributed by atoms with Crippen LogP contribution in [0.3, 0.4) is 0 Å². The van der Waals surface area contributed by atoms with Crippen LogP contribution in [0.1, 0.15) is 5.56 Å². The van der Waals surface area contributed by atoms with Crippen molar-refractivity contribution in [1.82, 2.24) is 0 Å². The molecule has 0 saturated heterocycles. The van der Waals surface area contributed by atoms with E-state index in [2.05, 4.69) is 5.32 Å². The molecule has 2 aromatic rings. The first-order chi connectivity index (χ1) is 12.1. The van der Waals surface area contributed by atoms with Crippen molar-refractivity contribution in [1.29, 1.82) is 0 Å². The minimum atomic E-state index is -0.587. The van der Waals surface area contributed by atoms with Gasteiger partial charge in [-0.25, -0.2) is 4.79 Å². The molecule has 25 heavy (non-hydrogen) atoms. The van der Waals surface area contributed by atoms with Gasteiger partial charge in [-0.05, 0) is 48.2 Å². The summed E-state index contributed by atoms with van der Waals surface area (Å²) >= 11 is 1.58. The molecule has 0 aromatic heterocycles. The predicted molar refractivity (Wildman–Crippen MR) is 99.8 cm³/mol. The average molecular weight is 357 g/mol. The highest BCUT2D eigenvalue weighted by molar-refractivity contribution is 7.98. The average Bonchev–Trinajstić information content (AvgIpc) is 2.65. The second-order valence-corrected chi connectivity index (χ2v) is 5.88. The Labute approximate surface area is 151 Å². The summed E-state index contributed by atoms with van der Waals surface area (Å²) in [6.45, 7) is -0.342. The molecule has 0 aliphatic carbocycles. The van der Waals surface area contributed by atoms with Crippen LogP contribution in [0.15, 0.2) is 59.5 Å². The van der Waals surface area contributed by atoms with Crippen LogP contribution in [-0.2, 0) is 14.3 Å². The molecule has 130 valence electrons. The van der Waals surface area contributed by atoms with Crippen molar-refractivity contribution >= 4 is 35.4 Å². The molecule has 6 heteroatoms. The summed E-state index contributed by atoms with van der Waals surface area (Å²) in [7, 11) is 1.57. The molecule has 2 rings (SSSR count). The van der Waals surface area contributed by atoms with Crippen LogP contribution in [0.4, 0.5) is 5.69 Å². The van der Waals surface area contributed by atoms with Gasteiger partial charge < -0.3 is 14.8 Å². The highest BCUT2D eigenvalue weighted by Gasteiger charge is 2.06. The number of benzene rings is 2. The molecule has 0 atom stereocenters. The summed E-state index contributed by atoms with van der Waals surface area (Å²) in [4.78, 5) is 24.6. The lowest BCUT2D eigenvalue weighted by Gasteiger charge is -2.06. The van der Waals surface area contributed by atoms with Crippen LogP contribution in [0, 0.1) is 0 Å². The van der Waals surface area contributed by atoms with Gasteiger partial charge in [0.2, 0.25) is 0 Å². The van der Waals surface area contributed by atoms with Gasteiger partial charge in [0.25, 0.3) is 5.91 Å². The summed E-state index contributed by atoms with van der Waals surface area (Å²) in [5, 5.41) is 2.69. The van der Waals surface area contributed by atoms with Crippen molar-refractivity contribution in [3.05, 3.63) is 60.2 Å². The zero-order valence-electron chi connectivity index (χ0n) is 14.0. The van der Waals surface area contributed by atoms with Crippen molar-refractivity contribution in [2.45, 2.75) is 4.90 Å². The minimum Gasteiger partial charge on any atom is -0.497 e. The van der Waals surface area contributed by atoms with Gasteiger partial charge in [-0.2, -0.15) is 0 Å². The third-order valence-corrected chi connectivity index (χ3v) is 3.93. The number of ether oxygens (including phenoxy) is 2. The number of amides is 1. The van der Waals surface area contributed by atoms with E-state index in [0.29, 0.717) is 11.4 Å². The fourth-order valence-corrected chi connectivity index (χ4v) is 2.45. The van der Waals surface area contributed by atoms with Crippen LogP contribution in [0.2, 0.25) is 0 Å². The number of esters is 1. The number of anilines is 1. The number of nitrogens with one attached hydrogen (secondary N) is 1. The third-order valence-electron chi connectivity index (χ3n) is 3.20. The number of carbonyl (C=O) groups is 2. The van der Waals surface area contributed by atoms with Gasteiger partial charge in [-0.1, -0.05) is 18.2 Å². The zero-order chi connectivity index (χ0) is 18.1. The fourth-order valence-electron chi connectivity index (χ4n) is 1.99. The molecule has 0 heterocycles. The van der Waals surface area contributed by atoms with E-state index in [0.717, 1.165) is 10.5 Å². The van der Waals surface area contributed by atoms with E-state index in [1.807, 2.05) is 42.7 Å². The Kier molecular flexibility index (Phi) is 7.10. The Bertz CT molecular complexity index is 774. The quantitative estimate of drug-likeness (QED) is 0.466. The molecule has 1 N–H and O–H groups in total. The maximum absolute atomic E-state index is 11.8. The molecule has 0 unspecified atom stereocenters. The van der Waals surface area contributed by atoms with Crippen molar-refractivity contribution in [3.8, 4) is 5.75 Å². The molecule has 0 aliphatic rings. The van der Waals surface area contributed by atoms with Gasteiger partial charge >= 0.3 is 5.97 Å². The highest BCUT2D eigenvalue weighted by atomic mass is 32.2. The number of carbonyl (C=O) groups excluding carboxylic acids is 2. The van der Waals surface area contributed by atoms with Gasteiger partial charge in [0.15, 0.2) is 6.61 Å². The summed E-state index contributed by atoms with van der Waals surface area (Å²) in [6.07, 6.45) is 4.83. The molecule has 0 bridgehead atoms. The van der Waals surface area contributed by atoms with Crippen molar-refractivity contribution < 1.29 is 19.1 Å². The topological polar surface area (TPSA) is 64.6 Å². The predicted octanol–water partition coefficient (Wildman–Crippen LogP) is 3.61. The molecule has 0 aliphatic heterocycles. The van der Waals surface area contributed by atoms with Crippen LogP contribution in [0.5, 0.6) is 5.75 Å². The molecule has 1 amide bonds.